The third-order valence-corrected chi connectivity index (χ3v) is 3.19. The monoisotopic (exact) mass is 269 g/mol. The molecule has 2 rings (SSSR count). The van der Waals surface area contributed by atoms with E-state index < -0.39 is 0 Å². The standard InChI is InChI=1S/C11H9Cl2N3O/c1-7-11(6-17)14-15-16(7)5-8-2-3-9(12)10(13)4-8/h2-4,6H,5H2,1H3. The van der Waals surface area contributed by atoms with Crippen molar-refractivity contribution in [3.63, 3.8) is 0 Å². The van der Waals surface area contributed by atoms with Crippen molar-refractivity contribution >= 4 is 29.5 Å². The van der Waals surface area contributed by atoms with Crippen molar-refractivity contribution < 1.29 is 4.79 Å². The van der Waals surface area contributed by atoms with E-state index in [1.165, 1.54) is 0 Å². The van der Waals surface area contributed by atoms with Gasteiger partial charge in [0.25, 0.3) is 0 Å². The van der Waals surface area contributed by atoms with Gasteiger partial charge in [0.15, 0.2) is 6.29 Å². The molecule has 1 aromatic carbocycles. The van der Waals surface area contributed by atoms with E-state index in [0.29, 0.717) is 28.6 Å². The van der Waals surface area contributed by atoms with Crippen molar-refractivity contribution in [2.75, 3.05) is 0 Å². The van der Waals surface area contributed by atoms with E-state index in [-0.39, 0.29) is 0 Å². The molecule has 0 spiro atoms. The molecular formula is C11H9Cl2N3O. The lowest BCUT2D eigenvalue weighted by molar-refractivity contribution is 0.111. The first kappa shape index (κ1) is 12.1. The smallest absolute Gasteiger partial charge is 0.172 e. The van der Waals surface area contributed by atoms with Crippen molar-refractivity contribution in [3.05, 3.63) is 45.2 Å². The average Bonchev–Trinajstić information content (AvgIpc) is 2.65. The third kappa shape index (κ3) is 2.48. The molecule has 17 heavy (non-hydrogen) atoms. The van der Waals surface area contributed by atoms with Crippen LogP contribution < -0.4 is 0 Å². The van der Waals surface area contributed by atoms with Gasteiger partial charge in [0.2, 0.25) is 0 Å². The molecule has 0 aliphatic heterocycles. The SMILES string of the molecule is Cc1c(C=O)nnn1Cc1ccc(Cl)c(Cl)c1. The van der Waals surface area contributed by atoms with Crippen LogP contribution in [0.15, 0.2) is 18.2 Å². The zero-order valence-corrected chi connectivity index (χ0v) is 10.5. The highest BCUT2D eigenvalue weighted by molar-refractivity contribution is 6.42. The molecule has 88 valence electrons. The molecule has 0 bridgehead atoms. The Labute approximate surface area is 108 Å². The largest absolute Gasteiger partial charge is 0.296 e. The number of benzene rings is 1. The molecule has 1 aromatic heterocycles. The Hall–Kier alpha value is -1.39. The molecule has 0 atom stereocenters. The minimum Gasteiger partial charge on any atom is -0.296 e. The van der Waals surface area contributed by atoms with Crippen LogP contribution in [0.25, 0.3) is 0 Å². The maximum Gasteiger partial charge on any atom is 0.172 e. The molecule has 4 nitrogen and oxygen atoms in total. The van der Waals surface area contributed by atoms with E-state index in [2.05, 4.69) is 10.3 Å². The Kier molecular flexibility index (Phi) is 3.45. The zero-order valence-electron chi connectivity index (χ0n) is 9.02. The maximum atomic E-state index is 10.6. The summed E-state index contributed by atoms with van der Waals surface area (Å²) in [6, 6.07) is 5.35. The van der Waals surface area contributed by atoms with Gasteiger partial charge in [-0.05, 0) is 24.6 Å². The molecule has 1 heterocycles. The maximum absolute atomic E-state index is 10.6. The minimum atomic E-state index is 0.352. The van der Waals surface area contributed by atoms with Crippen LogP contribution in [0.3, 0.4) is 0 Å². The highest BCUT2D eigenvalue weighted by atomic mass is 35.5. The number of carbonyl (C=O) groups excluding carboxylic acids is 1. The van der Waals surface area contributed by atoms with E-state index >= 15 is 0 Å². The number of hydrogen-bond acceptors (Lipinski definition) is 3. The van der Waals surface area contributed by atoms with Gasteiger partial charge in [-0.1, -0.05) is 34.5 Å². The second-order valence-electron chi connectivity index (χ2n) is 3.58. The molecule has 0 aliphatic carbocycles. The summed E-state index contributed by atoms with van der Waals surface area (Å²) in [5.41, 5.74) is 2.03. The highest BCUT2D eigenvalue weighted by Gasteiger charge is 2.08. The Bertz CT molecular complexity index is 566. The van der Waals surface area contributed by atoms with Crippen LogP contribution in [0.4, 0.5) is 0 Å². The second-order valence-corrected chi connectivity index (χ2v) is 4.40. The predicted octanol–water partition coefficient (Wildman–Crippen LogP) is 2.75. The first-order valence-corrected chi connectivity index (χ1v) is 5.66. The van der Waals surface area contributed by atoms with E-state index in [0.717, 1.165) is 11.3 Å². The molecule has 0 unspecified atom stereocenters. The first-order valence-electron chi connectivity index (χ1n) is 4.91. The van der Waals surface area contributed by atoms with Gasteiger partial charge >= 0.3 is 0 Å². The Morgan fingerprint density at radius 2 is 2.12 bits per heavy atom. The van der Waals surface area contributed by atoms with Gasteiger partial charge in [-0.3, -0.25) is 4.79 Å². The number of halogens is 2. The van der Waals surface area contributed by atoms with Crippen molar-refractivity contribution in [2.24, 2.45) is 0 Å². The zero-order chi connectivity index (χ0) is 12.4. The molecule has 6 heteroatoms. The summed E-state index contributed by atoms with van der Waals surface area (Å²) < 4.78 is 1.64. The molecule has 0 saturated heterocycles. The van der Waals surface area contributed by atoms with E-state index in [9.17, 15) is 4.79 Å². The molecule has 0 saturated carbocycles. The summed E-state index contributed by atoms with van der Waals surface area (Å²) in [6.45, 7) is 2.30. The van der Waals surface area contributed by atoms with Crippen LogP contribution in [0.5, 0.6) is 0 Å². The second kappa shape index (κ2) is 4.85. The highest BCUT2D eigenvalue weighted by Crippen LogP contribution is 2.23. The van der Waals surface area contributed by atoms with Gasteiger partial charge in [-0.25, -0.2) is 4.68 Å². The quantitative estimate of drug-likeness (QED) is 0.806. The summed E-state index contributed by atoms with van der Waals surface area (Å²) in [5, 5.41) is 8.66. The van der Waals surface area contributed by atoms with Crippen LogP contribution in [0, 0.1) is 6.92 Å². The summed E-state index contributed by atoms with van der Waals surface area (Å²) in [4.78, 5) is 10.6. The normalized spacial score (nSPS) is 10.5. The van der Waals surface area contributed by atoms with Crippen LogP contribution >= 0.6 is 23.2 Å². The number of nitrogens with zero attached hydrogens (tertiary/aromatic N) is 3. The van der Waals surface area contributed by atoms with Gasteiger partial charge in [-0.15, -0.1) is 5.10 Å². The Morgan fingerprint density at radius 3 is 2.71 bits per heavy atom. The lowest BCUT2D eigenvalue weighted by Crippen LogP contribution is -2.04. The lowest BCUT2D eigenvalue weighted by Gasteiger charge is -2.04. The molecular weight excluding hydrogens is 261 g/mol. The van der Waals surface area contributed by atoms with Crippen LogP contribution in [0.1, 0.15) is 21.7 Å². The summed E-state index contributed by atoms with van der Waals surface area (Å²) >= 11 is 11.7. The van der Waals surface area contributed by atoms with Gasteiger partial charge < -0.3 is 0 Å². The molecule has 0 N–H and O–H groups in total. The van der Waals surface area contributed by atoms with Crippen LogP contribution in [-0.4, -0.2) is 21.3 Å². The van der Waals surface area contributed by atoms with Gasteiger partial charge in [0, 0.05) is 0 Å². The number of hydrogen-bond donors (Lipinski definition) is 0. The summed E-state index contributed by atoms with van der Waals surface area (Å²) in [7, 11) is 0. The van der Waals surface area contributed by atoms with Gasteiger partial charge in [-0.2, -0.15) is 0 Å². The fraction of sp³-hybridized carbons (Fsp3) is 0.182. The summed E-state index contributed by atoms with van der Waals surface area (Å²) in [5.74, 6) is 0. The average molecular weight is 270 g/mol. The van der Waals surface area contributed by atoms with Crippen molar-refractivity contribution in [1.29, 1.82) is 0 Å². The molecule has 2 aromatic rings. The molecule has 0 aliphatic rings. The van der Waals surface area contributed by atoms with Crippen molar-refractivity contribution in [3.8, 4) is 0 Å². The molecule has 0 fully saturated rings. The van der Waals surface area contributed by atoms with E-state index in [1.807, 2.05) is 6.07 Å². The van der Waals surface area contributed by atoms with E-state index in [1.54, 1.807) is 23.7 Å². The first-order chi connectivity index (χ1) is 8.11. The van der Waals surface area contributed by atoms with Gasteiger partial charge in [0.05, 0.1) is 22.3 Å². The number of rotatable bonds is 3. The Balaban J connectivity index is 2.28. The molecule has 0 amide bonds. The minimum absolute atomic E-state index is 0.352. The van der Waals surface area contributed by atoms with Gasteiger partial charge in [0.1, 0.15) is 5.69 Å². The fourth-order valence-electron chi connectivity index (χ4n) is 1.44. The van der Waals surface area contributed by atoms with Crippen LogP contribution in [-0.2, 0) is 6.54 Å². The predicted molar refractivity (Wildman–Crippen MR) is 65.7 cm³/mol. The van der Waals surface area contributed by atoms with Crippen LogP contribution in [0.2, 0.25) is 10.0 Å². The third-order valence-electron chi connectivity index (χ3n) is 2.45. The number of aldehydes is 1. The topological polar surface area (TPSA) is 47.8 Å². The number of carbonyl (C=O) groups is 1. The fourth-order valence-corrected chi connectivity index (χ4v) is 1.76. The molecule has 0 radical (unpaired) electrons. The Morgan fingerprint density at radius 1 is 1.35 bits per heavy atom. The van der Waals surface area contributed by atoms with E-state index in [4.69, 9.17) is 23.2 Å². The van der Waals surface area contributed by atoms with Crippen molar-refractivity contribution in [1.82, 2.24) is 15.0 Å². The summed E-state index contributed by atoms with van der Waals surface area (Å²) in [6.07, 6.45) is 0.688. The number of aromatic nitrogens is 3. The lowest BCUT2D eigenvalue weighted by atomic mass is 10.2. The van der Waals surface area contributed by atoms with Crippen molar-refractivity contribution in [2.45, 2.75) is 13.5 Å².